The molecule has 1 aliphatic heterocycles. The number of cyclic esters (lactones) is 2. The Morgan fingerprint density at radius 1 is 1.73 bits per heavy atom. The zero-order chi connectivity index (χ0) is 11.8. The van der Waals surface area contributed by atoms with Gasteiger partial charge in [0.1, 0.15) is 6.61 Å². The van der Waals surface area contributed by atoms with Crippen LogP contribution in [0.1, 0.15) is 6.92 Å². The van der Waals surface area contributed by atoms with Crippen LogP contribution in [0.2, 0.25) is 0 Å². The van der Waals surface area contributed by atoms with Gasteiger partial charge >= 0.3 is 12.1 Å². The molecule has 0 amide bonds. The summed E-state index contributed by atoms with van der Waals surface area (Å²) in [5, 5.41) is 8.33. The van der Waals surface area contributed by atoms with E-state index in [1.807, 2.05) is 0 Å². The van der Waals surface area contributed by atoms with Gasteiger partial charge in [0, 0.05) is 5.57 Å². The number of esters is 1. The van der Waals surface area contributed by atoms with E-state index in [4.69, 9.17) is 5.11 Å². The van der Waals surface area contributed by atoms with Gasteiger partial charge in [-0.2, -0.15) is 0 Å². The third-order valence-electron chi connectivity index (χ3n) is 1.39. The first-order valence-corrected chi connectivity index (χ1v) is 4.19. The van der Waals surface area contributed by atoms with Gasteiger partial charge in [-0.05, 0) is 6.92 Å². The molecule has 1 saturated heterocycles. The van der Waals surface area contributed by atoms with Gasteiger partial charge in [-0.1, -0.05) is 6.58 Å². The summed E-state index contributed by atoms with van der Waals surface area (Å²) in [7, 11) is 1.33. The Kier molecular flexibility index (Phi) is 6.12. The molecule has 86 valence electrons. The number of rotatable bonds is 2. The van der Waals surface area contributed by atoms with Gasteiger partial charge < -0.3 is 19.3 Å². The number of aliphatic hydroxyl groups is 1. The van der Waals surface area contributed by atoms with Crippen molar-refractivity contribution in [2.75, 3.05) is 20.3 Å². The second-order valence-electron chi connectivity index (χ2n) is 2.76. The molecule has 1 heterocycles. The van der Waals surface area contributed by atoms with Gasteiger partial charge in [0.2, 0.25) is 0 Å². The summed E-state index contributed by atoms with van der Waals surface area (Å²) >= 11 is 0. The van der Waals surface area contributed by atoms with E-state index in [1.54, 1.807) is 6.92 Å². The molecule has 0 saturated carbocycles. The Morgan fingerprint density at radius 3 is 2.47 bits per heavy atom. The molecule has 6 nitrogen and oxygen atoms in total. The molecule has 1 N–H and O–H groups in total. The van der Waals surface area contributed by atoms with Crippen LogP contribution in [-0.4, -0.2) is 43.7 Å². The Hall–Kier alpha value is -1.56. The molecular weight excluding hydrogens is 204 g/mol. The van der Waals surface area contributed by atoms with Crippen molar-refractivity contribution in [1.29, 1.82) is 0 Å². The quantitative estimate of drug-likeness (QED) is 0.528. The van der Waals surface area contributed by atoms with Gasteiger partial charge in [-0.3, -0.25) is 0 Å². The minimum atomic E-state index is -0.691. The molecule has 1 fully saturated rings. The molecule has 0 aliphatic carbocycles. The van der Waals surface area contributed by atoms with Crippen LogP contribution in [0.4, 0.5) is 4.79 Å². The van der Waals surface area contributed by atoms with Crippen molar-refractivity contribution in [2.45, 2.75) is 13.0 Å². The molecule has 0 aromatic carbocycles. The van der Waals surface area contributed by atoms with Gasteiger partial charge in [0.15, 0.2) is 6.10 Å². The normalized spacial score (nSPS) is 18.1. The van der Waals surface area contributed by atoms with E-state index in [9.17, 15) is 9.59 Å². The van der Waals surface area contributed by atoms with Crippen LogP contribution in [-0.2, 0) is 19.0 Å². The summed E-state index contributed by atoms with van der Waals surface area (Å²) in [5.74, 6) is -0.347. The lowest BCUT2D eigenvalue weighted by atomic mass is 10.4. The van der Waals surface area contributed by atoms with Crippen LogP contribution in [0, 0.1) is 0 Å². The molecule has 1 atom stereocenters. The lowest BCUT2D eigenvalue weighted by molar-refractivity contribution is -0.136. The summed E-state index contributed by atoms with van der Waals surface area (Å²) in [6.45, 7) is 4.97. The molecular formula is C9H14O6. The average molecular weight is 218 g/mol. The summed E-state index contributed by atoms with van der Waals surface area (Å²) < 4.78 is 13.0. The summed E-state index contributed by atoms with van der Waals surface area (Å²) in [6, 6.07) is 0. The fourth-order valence-corrected chi connectivity index (χ4v) is 0.629. The van der Waals surface area contributed by atoms with Gasteiger partial charge in [-0.15, -0.1) is 0 Å². The molecule has 0 spiro atoms. The highest BCUT2D eigenvalue weighted by Gasteiger charge is 2.23. The van der Waals surface area contributed by atoms with Crippen LogP contribution < -0.4 is 0 Å². The number of ether oxygens (including phenoxy) is 3. The summed E-state index contributed by atoms with van der Waals surface area (Å²) in [6.07, 6.45) is -1.13. The largest absolute Gasteiger partial charge is 0.508 e. The molecule has 0 bridgehead atoms. The predicted molar refractivity (Wildman–Crippen MR) is 50.1 cm³/mol. The second-order valence-corrected chi connectivity index (χ2v) is 2.76. The Morgan fingerprint density at radius 2 is 2.33 bits per heavy atom. The van der Waals surface area contributed by atoms with E-state index in [-0.39, 0.29) is 19.2 Å². The third kappa shape index (κ3) is 5.69. The molecule has 1 rings (SSSR count). The first-order valence-electron chi connectivity index (χ1n) is 4.19. The first-order chi connectivity index (χ1) is 7.01. The minimum absolute atomic E-state index is 0.161. The summed E-state index contributed by atoms with van der Waals surface area (Å²) in [5.41, 5.74) is 0.433. The average Bonchev–Trinajstić information content (AvgIpc) is 2.63. The second kappa shape index (κ2) is 6.83. The standard InChI is InChI=1S/C5H8O2.C4H6O4/c1-4(2)5(6)7-3;5-1-3-2-7-4(6)8-3/h1H2,2-3H3;3,5H,1-2H2. The third-order valence-corrected chi connectivity index (χ3v) is 1.39. The van der Waals surface area contributed by atoms with Gasteiger partial charge in [-0.25, -0.2) is 9.59 Å². The molecule has 1 aliphatic rings. The minimum Gasteiger partial charge on any atom is -0.466 e. The molecule has 6 heteroatoms. The smallest absolute Gasteiger partial charge is 0.466 e. The maximum atomic E-state index is 10.2. The van der Waals surface area contributed by atoms with Crippen LogP contribution >= 0.6 is 0 Å². The zero-order valence-electron chi connectivity index (χ0n) is 8.69. The monoisotopic (exact) mass is 218 g/mol. The Balaban J connectivity index is 0.000000265. The lowest BCUT2D eigenvalue weighted by Crippen LogP contribution is -2.14. The fourth-order valence-electron chi connectivity index (χ4n) is 0.629. The maximum Gasteiger partial charge on any atom is 0.508 e. The van der Waals surface area contributed by atoms with Crippen LogP contribution in [0.25, 0.3) is 0 Å². The van der Waals surface area contributed by atoms with E-state index in [0.29, 0.717) is 5.57 Å². The van der Waals surface area contributed by atoms with E-state index >= 15 is 0 Å². The maximum absolute atomic E-state index is 10.2. The van der Waals surface area contributed by atoms with Crippen LogP contribution in [0.5, 0.6) is 0 Å². The zero-order valence-corrected chi connectivity index (χ0v) is 8.69. The predicted octanol–water partition coefficient (Wildman–Crippen LogP) is 0.250. The number of aliphatic hydroxyl groups excluding tert-OH is 1. The van der Waals surface area contributed by atoms with Crippen molar-refractivity contribution in [2.24, 2.45) is 0 Å². The molecule has 0 radical (unpaired) electrons. The number of hydrogen-bond donors (Lipinski definition) is 1. The lowest BCUT2D eigenvalue weighted by Gasteiger charge is -1.96. The highest BCUT2D eigenvalue weighted by atomic mass is 16.8. The van der Waals surface area contributed by atoms with Gasteiger partial charge in [0.25, 0.3) is 0 Å². The Labute approximate surface area is 87.4 Å². The van der Waals surface area contributed by atoms with Crippen molar-refractivity contribution in [3.8, 4) is 0 Å². The highest BCUT2D eigenvalue weighted by molar-refractivity contribution is 5.86. The summed E-state index contributed by atoms with van der Waals surface area (Å²) in [4.78, 5) is 20.2. The van der Waals surface area contributed by atoms with Crippen LogP contribution in [0.3, 0.4) is 0 Å². The van der Waals surface area contributed by atoms with E-state index < -0.39 is 12.3 Å². The van der Waals surface area contributed by atoms with Gasteiger partial charge in [0.05, 0.1) is 13.7 Å². The number of carbonyl (C=O) groups excluding carboxylic acids is 2. The fraction of sp³-hybridized carbons (Fsp3) is 0.556. The van der Waals surface area contributed by atoms with Crippen LogP contribution in [0.15, 0.2) is 12.2 Å². The van der Waals surface area contributed by atoms with Crippen molar-refractivity contribution in [1.82, 2.24) is 0 Å². The number of hydrogen-bond acceptors (Lipinski definition) is 6. The van der Waals surface area contributed by atoms with Crippen molar-refractivity contribution in [3.05, 3.63) is 12.2 Å². The van der Waals surface area contributed by atoms with Crippen molar-refractivity contribution >= 4 is 12.1 Å². The van der Waals surface area contributed by atoms with E-state index in [1.165, 1.54) is 7.11 Å². The Bertz CT molecular complexity index is 247. The number of methoxy groups -OCH3 is 1. The van der Waals surface area contributed by atoms with Crippen molar-refractivity contribution in [3.63, 3.8) is 0 Å². The van der Waals surface area contributed by atoms with E-state index in [2.05, 4.69) is 20.8 Å². The SMILES string of the molecule is C=C(C)C(=O)OC.O=C1OCC(CO)O1. The number of carbonyl (C=O) groups is 2. The molecule has 15 heavy (non-hydrogen) atoms. The van der Waals surface area contributed by atoms with E-state index in [0.717, 1.165) is 0 Å². The molecule has 0 aromatic heterocycles. The van der Waals surface area contributed by atoms with Crippen molar-refractivity contribution < 1.29 is 28.9 Å². The topological polar surface area (TPSA) is 82.1 Å². The molecule has 0 aromatic rings. The molecule has 1 unspecified atom stereocenters. The highest BCUT2D eigenvalue weighted by Crippen LogP contribution is 2.03. The first kappa shape index (κ1) is 13.4.